The van der Waals surface area contributed by atoms with Gasteiger partial charge in [0, 0.05) is 17.1 Å². The first-order valence-electron chi connectivity index (χ1n) is 10.6. The quantitative estimate of drug-likeness (QED) is 0.257. The van der Waals surface area contributed by atoms with E-state index >= 15 is 0 Å². The number of para-hydroxylation sites is 1. The van der Waals surface area contributed by atoms with E-state index in [4.69, 9.17) is 4.98 Å². The van der Waals surface area contributed by atoms with E-state index in [1.807, 2.05) is 30.3 Å². The van der Waals surface area contributed by atoms with Gasteiger partial charge in [-0.25, -0.2) is 9.37 Å². The number of thioether (sulfide) groups is 1. The Hall–Kier alpha value is -2.70. The van der Waals surface area contributed by atoms with Crippen LogP contribution in [0.5, 0.6) is 0 Å². The van der Waals surface area contributed by atoms with Crippen LogP contribution in [0.1, 0.15) is 37.3 Å². The molecule has 0 saturated heterocycles. The number of thiazole rings is 1. The van der Waals surface area contributed by atoms with Crippen LogP contribution in [-0.4, -0.2) is 16.6 Å². The zero-order chi connectivity index (χ0) is 22.5. The zero-order valence-electron chi connectivity index (χ0n) is 18.1. The van der Waals surface area contributed by atoms with Gasteiger partial charge in [0.2, 0.25) is 5.91 Å². The molecule has 6 heteroatoms. The number of aromatic nitrogens is 1. The lowest BCUT2D eigenvalue weighted by molar-refractivity contribution is -0.118. The molecule has 0 fully saturated rings. The van der Waals surface area contributed by atoms with E-state index in [9.17, 15) is 9.18 Å². The summed E-state index contributed by atoms with van der Waals surface area (Å²) in [5.41, 5.74) is 3.24. The normalized spacial score (nSPS) is 11.2. The Labute approximate surface area is 196 Å². The van der Waals surface area contributed by atoms with Crippen LogP contribution < -0.4 is 4.90 Å². The Morgan fingerprint density at radius 3 is 2.50 bits per heavy atom. The lowest BCUT2D eigenvalue weighted by Gasteiger charge is -2.20. The third-order valence-corrected chi connectivity index (χ3v) is 7.23. The summed E-state index contributed by atoms with van der Waals surface area (Å²) < 4.78 is 14.2. The van der Waals surface area contributed by atoms with Crippen LogP contribution in [0.15, 0.2) is 77.7 Å². The van der Waals surface area contributed by atoms with Gasteiger partial charge in [-0.1, -0.05) is 67.6 Å². The second-order valence-electron chi connectivity index (χ2n) is 7.86. The van der Waals surface area contributed by atoms with Gasteiger partial charge in [0.25, 0.3) is 0 Å². The summed E-state index contributed by atoms with van der Waals surface area (Å²) in [5.74, 6) is 0.765. The smallest absolute Gasteiger partial charge is 0.229 e. The topological polar surface area (TPSA) is 33.2 Å². The minimum atomic E-state index is -0.254. The summed E-state index contributed by atoms with van der Waals surface area (Å²) in [5, 5.41) is 0.730. The number of amides is 1. The molecule has 0 aliphatic rings. The van der Waals surface area contributed by atoms with Crippen molar-refractivity contribution >= 4 is 44.4 Å². The molecule has 1 heterocycles. The number of anilines is 1. The average Bonchev–Trinajstić information content (AvgIpc) is 3.23. The zero-order valence-corrected chi connectivity index (χ0v) is 19.8. The van der Waals surface area contributed by atoms with Crippen LogP contribution >= 0.6 is 23.1 Å². The van der Waals surface area contributed by atoms with Crippen LogP contribution in [0.25, 0.3) is 10.2 Å². The molecule has 0 atom stereocenters. The molecule has 0 unspecified atom stereocenters. The van der Waals surface area contributed by atoms with Gasteiger partial charge in [-0.05, 0) is 47.4 Å². The fraction of sp³-hybridized carbons (Fsp3) is 0.231. The molecular weight excluding hydrogens is 439 g/mol. The van der Waals surface area contributed by atoms with Gasteiger partial charge in [0.15, 0.2) is 5.13 Å². The van der Waals surface area contributed by atoms with Crippen molar-refractivity contribution in [1.82, 2.24) is 4.98 Å². The lowest BCUT2D eigenvalue weighted by Crippen LogP contribution is -2.30. The Morgan fingerprint density at radius 2 is 1.78 bits per heavy atom. The molecule has 0 N–H and O–H groups in total. The fourth-order valence-corrected chi connectivity index (χ4v) is 5.35. The molecule has 3 aromatic carbocycles. The Balaban J connectivity index is 1.57. The SMILES string of the molecule is CC(C)c1cccc2sc(N(Cc3ccccc3)C(=O)CCSc3ccc(F)cc3)nc12. The number of nitrogens with zero attached hydrogens (tertiary/aromatic N) is 2. The summed E-state index contributed by atoms with van der Waals surface area (Å²) in [7, 11) is 0. The highest BCUT2D eigenvalue weighted by Gasteiger charge is 2.21. The molecular formula is C26H25FN2OS2. The lowest BCUT2D eigenvalue weighted by atomic mass is 10.0. The first-order valence-corrected chi connectivity index (χ1v) is 12.4. The molecule has 0 aliphatic carbocycles. The highest BCUT2D eigenvalue weighted by Crippen LogP contribution is 2.34. The van der Waals surface area contributed by atoms with E-state index in [1.54, 1.807) is 40.1 Å². The second kappa shape index (κ2) is 10.3. The van der Waals surface area contributed by atoms with Gasteiger partial charge < -0.3 is 0 Å². The third kappa shape index (κ3) is 5.37. The van der Waals surface area contributed by atoms with E-state index < -0.39 is 0 Å². The van der Waals surface area contributed by atoms with Gasteiger partial charge in [-0.3, -0.25) is 9.69 Å². The van der Waals surface area contributed by atoms with Crippen molar-refractivity contribution < 1.29 is 9.18 Å². The highest BCUT2D eigenvalue weighted by atomic mass is 32.2. The predicted molar refractivity (Wildman–Crippen MR) is 133 cm³/mol. The van der Waals surface area contributed by atoms with Crippen molar-refractivity contribution in [3.8, 4) is 0 Å². The molecule has 0 spiro atoms. The third-order valence-electron chi connectivity index (χ3n) is 5.17. The maximum atomic E-state index is 13.3. The predicted octanol–water partition coefficient (Wildman–Crippen LogP) is 7.27. The van der Waals surface area contributed by atoms with E-state index in [-0.39, 0.29) is 11.7 Å². The van der Waals surface area contributed by atoms with Crippen molar-refractivity contribution in [2.75, 3.05) is 10.7 Å². The van der Waals surface area contributed by atoms with Crippen molar-refractivity contribution in [1.29, 1.82) is 0 Å². The Kier molecular flexibility index (Phi) is 7.22. The molecule has 3 nitrogen and oxygen atoms in total. The highest BCUT2D eigenvalue weighted by molar-refractivity contribution is 7.99. The second-order valence-corrected chi connectivity index (χ2v) is 10.0. The Morgan fingerprint density at radius 1 is 1.03 bits per heavy atom. The summed E-state index contributed by atoms with van der Waals surface area (Å²) >= 11 is 3.12. The minimum absolute atomic E-state index is 0.0358. The van der Waals surface area contributed by atoms with Crippen molar-refractivity contribution in [2.45, 2.75) is 37.6 Å². The number of hydrogen-bond donors (Lipinski definition) is 0. The van der Waals surface area contributed by atoms with Crippen molar-refractivity contribution in [2.24, 2.45) is 0 Å². The number of rotatable bonds is 8. The summed E-state index contributed by atoms with van der Waals surface area (Å²) in [6, 6.07) is 22.6. The maximum Gasteiger partial charge on any atom is 0.229 e. The van der Waals surface area contributed by atoms with Gasteiger partial charge in [-0.15, -0.1) is 11.8 Å². The van der Waals surface area contributed by atoms with Crippen LogP contribution in [-0.2, 0) is 11.3 Å². The number of benzene rings is 3. The van der Waals surface area contributed by atoms with Crippen LogP contribution in [0.3, 0.4) is 0 Å². The molecule has 0 saturated carbocycles. The molecule has 1 amide bonds. The standard InChI is InChI=1S/C26H25FN2OS2/c1-18(2)22-9-6-10-23-25(22)28-26(32-23)29(17-19-7-4-3-5-8-19)24(30)15-16-31-21-13-11-20(27)12-14-21/h3-14,18H,15-17H2,1-2H3. The van der Waals surface area contributed by atoms with E-state index in [1.165, 1.54) is 17.7 Å². The van der Waals surface area contributed by atoms with Crippen LogP contribution in [0.2, 0.25) is 0 Å². The number of carbonyl (C=O) groups excluding carboxylic acids is 1. The summed E-state index contributed by atoms with van der Waals surface area (Å²) in [4.78, 5) is 21.0. The molecule has 164 valence electrons. The monoisotopic (exact) mass is 464 g/mol. The van der Waals surface area contributed by atoms with Crippen LogP contribution in [0, 0.1) is 5.82 Å². The van der Waals surface area contributed by atoms with Crippen molar-refractivity contribution in [3.05, 3.63) is 89.7 Å². The molecule has 4 aromatic rings. The molecule has 4 rings (SSSR count). The van der Waals surface area contributed by atoms with E-state index in [0.29, 0.717) is 24.6 Å². The van der Waals surface area contributed by atoms with Gasteiger partial charge in [-0.2, -0.15) is 0 Å². The average molecular weight is 465 g/mol. The summed E-state index contributed by atoms with van der Waals surface area (Å²) in [6.45, 7) is 4.80. The Bertz CT molecular complexity index is 1190. The number of halogens is 1. The maximum absolute atomic E-state index is 13.3. The van der Waals surface area contributed by atoms with Gasteiger partial charge >= 0.3 is 0 Å². The summed E-state index contributed by atoms with van der Waals surface area (Å²) in [6.07, 6.45) is 0.377. The molecule has 0 radical (unpaired) electrons. The minimum Gasteiger partial charge on any atom is -0.284 e. The molecule has 0 aliphatic heterocycles. The number of hydrogen-bond acceptors (Lipinski definition) is 4. The van der Waals surface area contributed by atoms with Gasteiger partial charge in [0.05, 0.1) is 16.8 Å². The largest absolute Gasteiger partial charge is 0.284 e. The number of carbonyl (C=O) groups is 1. The fourth-order valence-electron chi connectivity index (χ4n) is 3.49. The first kappa shape index (κ1) is 22.5. The molecule has 1 aromatic heterocycles. The number of fused-ring (bicyclic) bond motifs is 1. The van der Waals surface area contributed by atoms with Gasteiger partial charge in [0.1, 0.15) is 5.82 Å². The van der Waals surface area contributed by atoms with E-state index in [0.717, 1.165) is 25.8 Å². The van der Waals surface area contributed by atoms with E-state index in [2.05, 4.69) is 32.0 Å². The first-order chi connectivity index (χ1) is 15.5. The van der Waals surface area contributed by atoms with Crippen LogP contribution in [0.4, 0.5) is 9.52 Å². The molecule has 32 heavy (non-hydrogen) atoms. The molecule has 0 bridgehead atoms. The van der Waals surface area contributed by atoms with Crippen molar-refractivity contribution in [3.63, 3.8) is 0 Å².